The molecule has 2 nitrogen and oxygen atoms in total. The van der Waals surface area contributed by atoms with Gasteiger partial charge in [-0.15, -0.1) is 0 Å². The molecule has 1 saturated heterocycles. The van der Waals surface area contributed by atoms with Crippen LogP contribution < -0.4 is 0 Å². The molecule has 2 aliphatic rings. The average Bonchev–Trinajstić information content (AvgIpc) is 2.63. The Morgan fingerprint density at radius 3 is 2.29 bits per heavy atom. The molecule has 82 valence electrons. The summed E-state index contributed by atoms with van der Waals surface area (Å²) in [6, 6.07) is 0. The molecule has 2 fully saturated rings. The zero-order valence-electron chi connectivity index (χ0n) is 9.45. The van der Waals surface area contributed by atoms with Crippen LogP contribution in [-0.2, 0) is 0 Å². The highest BCUT2D eigenvalue weighted by atomic mass is 16.3. The molecule has 1 aliphatic heterocycles. The van der Waals surface area contributed by atoms with E-state index in [1.807, 2.05) is 0 Å². The van der Waals surface area contributed by atoms with E-state index in [9.17, 15) is 5.11 Å². The first-order valence-corrected chi connectivity index (χ1v) is 6.07. The van der Waals surface area contributed by atoms with Crippen LogP contribution in [0.15, 0.2) is 0 Å². The maximum atomic E-state index is 9.75. The van der Waals surface area contributed by atoms with E-state index in [1.165, 1.54) is 25.9 Å². The van der Waals surface area contributed by atoms with Gasteiger partial charge in [-0.1, -0.05) is 20.3 Å². The van der Waals surface area contributed by atoms with Gasteiger partial charge in [-0.3, -0.25) is 0 Å². The van der Waals surface area contributed by atoms with Crippen molar-refractivity contribution in [3.8, 4) is 0 Å². The lowest BCUT2D eigenvalue weighted by molar-refractivity contribution is 0.108. The number of aliphatic hydroxyl groups excluding tert-OH is 1. The fourth-order valence-corrected chi connectivity index (χ4v) is 2.96. The third-order valence-electron chi connectivity index (χ3n) is 4.18. The predicted molar refractivity (Wildman–Crippen MR) is 58.1 cm³/mol. The normalized spacial score (nSPS) is 44.8. The minimum atomic E-state index is -0.0128. The number of rotatable bonds is 2. The molecular formula is C12H23NO. The zero-order chi connectivity index (χ0) is 10.1. The van der Waals surface area contributed by atoms with Gasteiger partial charge in [0.25, 0.3) is 0 Å². The van der Waals surface area contributed by atoms with Crippen LogP contribution in [0.1, 0.15) is 33.1 Å². The fraction of sp³-hybridized carbons (Fsp3) is 1.00. The van der Waals surface area contributed by atoms with Gasteiger partial charge in [0.15, 0.2) is 0 Å². The van der Waals surface area contributed by atoms with Crippen molar-refractivity contribution < 1.29 is 5.11 Å². The molecule has 4 unspecified atom stereocenters. The van der Waals surface area contributed by atoms with E-state index in [2.05, 4.69) is 18.7 Å². The standard InChI is InChI=1S/C12H23NO/c1-9-6-13(7-10(9)2)8-11-4-3-5-12(11)14/h9-12,14H,3-8H2,1-2H3. The first kappa shape index (κ1) is 10.4. The van der Waals surface area contributed by atoms with E-state index in [0.29, 0.717) is 5.92 Å². The average molecular weight is 197 g/mol. The maximum absolute atomic E-state index is 9.75. The summed E-state index contributed by atoms with van der Waals surface area (Å²) in [6.45, 7) is 8.30. The monoisotopic (exact) mass is 197 g/mol. The SMILES string of the molecule is CC1CN(CC2CCCC2O)CC1C. The molecule has 0 aromatic rings. The summed E-state index contributed by atoms with van der Waals surface area (Å²) in [5, 5.41) is 9.75. The minimum Gasteiger partial charge on any atom is -0.393 e. The van der Waals surface area contributed by atoms with Crippen LogP contribution >= 0.6 is 0 Å². The smallest absolute Gasteiger partial charge is 0.0580 e. The van der Waals surface area contributed by atoms with Crippen LogP contribution in [0.5, 0.6) is 0 Å². The van der Waals surface area contributed by atoms with E-state index in [1.54, 1.807) is 0 Å². The molecule has 1 saturated carbocycles. The van der Waals surface area contributed by atoms with Crippen LogP contribution in [0.25, 0.3) is 0 Å². The second-order valence-electron chi connectivity index (χ2n) is 5.43. The zero-order valence-corrected chi connectivity index (χ0v) is 9.45. The fourth-order valence-electron chi connectivity index (χ4n) is 2.96. The van der Waals surface area contributed by atoms with Gasteiger partial charge in [-0.2, -0.15) is 0 Å². The van der Waals surface area contributed by atoms with Gasteiger partial charge in [-0.25, -0.2) is 0 Å². The van der Waals surface area contributed by atoms with Crippen molar-refractivity contribution in [2.45, 2.75) is 39.2 Å². The molecule has 1 N–H and O–H groups in total. The molecule has 0 spiro atoms. The van der Waals surface area contributed by atoms with E-state index in [-0.39, 0.29) is 6.10 Å². The van der Waals surface area contributed by atoms with Gasteiger partial charge in [0.05, 0.1) is 6.10 Å². The Kier molecular flexibility index (Phi) is 3.13. The topological polar surface area (TPSA) is 23.5 Å². The quantitative estimate of drug-likeness (QED) is 0.729. The molecule has 0 aromatic carbocycles. The lowest BCUT2D eigenvalue weighted by Crippen LogP contribution is -2.31. The van der Waals surface area contributed by atoms with E-state index >= 15 is 0 Å². The first-order chi connectivity index (χ1) is 6.66. The summed E-state index contributed by atoms with van der Waals surface area (Å²) >= 11 is 0. The van der Waals surface area contributed by atoms with Crippen molar-refractivity contribution in [3.63, 3.8) is 0 Å². The number of aliphatic hydroxyl groups is 1. The van der Waals surface area contributed by atoms with Crippen molar-refractivity contribution in [2.24, 2.45) is 17.8 Å². The molecule has 4 atom stereocenters. The Bertz CT molecular complexity index is 185. The lowest BCUT2D eigenvalue weighted by atomic mass is 10.0. The molecule has 1 aliphatic carbocycles. The number of nitrogens with zero attached hydrogens (tertiary/aromatic N) is 1. The lowest BCUT2D eigenvalue weighted by Gasteiger charge is -2.22. The van der Waals surface area contributed by atoms with Gasteiger partial charge < -0.3 is 10.0 Å². The van der Waals surface area contributed by atoms with Crippen LogP contribution in [0.4, 0.5) is 0 Å². The summed E-state index contributed by atoms with van der Waals surface area (Å²) in [5.74, 6) is 2.24. The molecule has 2 heteroatoms. The van der Waals surface area contributed by atoms with Gasteiger partial charge in [-0.05, 0) is 30.6 Å². The molecular weight excluding hydrogens is 174 g/mol. The largest absolute Gasteiger partial charge is 0.393 e. The second-order valence-corrected chi connectivity index (χ2v) is 5.43. The molecule has 0 amide bonds. The van der Waals surface area contributed by atoms with Gasteiger partial charge in [0, 0.05) is 19.6 Å². The number of likely N-dealkylation sites (tertiary alicyclic amines) is 1. The van der Waals surface area contributed by atoms with Crippen molar-refractivity contribution in [1.82, 2.24) is 4.90 Å². The summed E-state index contributed by atoms with van der Waals surface area (Å²) < 4.78 is 0. The summed E-state index contributed by atoms with van der Waals surface area (Å²) in [4.78, 5) is 2.55. The maximum Gasteiger partial charge on any atom is 0.0580 e. The van der Waals surface area contributed by atoms with Crippen molar-refractivity contribution in [1.29, 1.82) is 0 Å². The highest BCUT2D eigenvalue weighted by Crippen LogP contribution is 2.29. The van der Waals surface area contributed by atoms with E-state index in [0.717, 1.165) is 24.8 Å². The van der Waals surface area contributed by atoms with Crippen LogP contribution in [0, 0.1) is 17.8 Å². The summed E-state index contributed by atoms with van der Waals surface area (Å²) in [5.41, 5.74) is 0. The molecule has 0 aromatic heterocycles. The third kappa shape index (κ3) is 2.12. The number of hydrogen-bond donors (Lipinski definition) is 1. The predicted octanol–water partition coefficient (Wildman–Crippen LogP) is 1.74. The van der Waals surface area contributed by atoms with Crippen molar-refractivity contribution in [2.75, 3.05) is 19.6 Å². The Morgan fingerprint density at radius 1 is 1.14 bits per heavy atom. The number of hydrogen-bond acceptors (Lipinski definition) is 2. The summed E-state index contributed by atoms with van der Waals surface area (Å²) in [6.07, 6.45) is 3.48. The van der Waals surface area contributed by atoms with Gasteiger partial charge in [0.2, 0.25) is 0 Å². The van der Waals surface area contributed by atoms with Crippen LogP contribution in [-0.4, -0.2) is 35.7 Å². The van der Waals surface area contributed by atoms with Crippen LogP contribution in [0.3, 0.4) is 0 Å². The molecule has 0 radical (unpaired) electrons. The molecule has 14 heavy (non-hydrogen) atoms. The van der Waals surface area contributed by atoms with E-state index < -0.39 is 0 Å². The molecule has 0 bridgehead atoms. The van der Waals surface area contributed by atoms with Crippen molar-refractivity contribution in [3.05, 3.63) is 0 Å². The Hall–Kier alpha value is -0.0800. The Balaban J connectivity index is 1.81. The first-order valence-electron chi connectivity index (χ1n) is 6.07. The van der Waals surface area contributed by atoms with Gasteiger partial charge in [0.1, 0.15) is 0 Å². The minimum absolute atomic E-state index is 0.0128. The van der Waals surface area contributed by atoms with E-state index in [4.69, 9.17) is 0 Å². The highest BCUT2D eigenvalue weighted by molar-refractivity contribution is 4.84. The second kappa shape index (κ2) is 4.19. The van der Waals surface area contributed by atoms with Gasteiger partial charge >= 0.3 is 0 Å². The molecule has 1 heterocycles. The highest BCUT2D eigenvalue weighted by Gasteiger charge is 2.31. The molecule has 2 rings (SSSR count). The Morgan fingerprint density at radius 2 is 1.79 bits per heavy atom. The summed E-state index contributed by atoms with van der Waals surface area (Å²) in [7, 11) is 0. The van der Waals surface area contributed by atoms with Crippen LogP contribution in [0.2, 0.25) is 0 Å². The third-order valence-corrected chi connectivity index (χ3v) is 4.18. The Labute approximate surface area is 87.3 Å². The van der Waals surface area contributed by atoms with Crippen molar-refractivity contribution >= 4 is 0 Å².